The molecule has 0 radical (unpaired) electrons. The summed E-state index contributed by atoms with van der Waals surface area (Å²) < 4.78 is 5.97. The van der Waals surface area contributed by atoms with E-state index in [0.717, 1.165) is 36.1 Å². The third-order valence-electron chi connectivity index (χ3n) is 5.99. The number of fused-ring (bicyclic) bond motifs is 1. The van der Waals surface area contributed by atoms with E-state index in [-0.39, 0.29) is 21.4 Å². The van der Waals surface area contributed by atoms with Gasteiger partial charge in [-0.05, 0) is 53.5 Å². The lowest BCUT2D eigenvalue weighted by Crippen LogP contribution is -2.38. The van der Waals surface area contributed by atoms with Crippen LogP contribution in [0.2, 0.25) is 0 Å². The highest BCUT2D eigenvalue weighted by Gasteiger charge is 2.59. The van der Waals surface area contributed by atoms with Crippen molar-refractivity contribution in [1.29, 1.82) is 0 Å². The summed E-state index contributed by atoms with van der Waals surface area (Å²) in [6, 6.07) is 20.9. The summed E-state index contributed by atoms with van der Waals surface area (Å²) in [6.45, 7) is 4.81. The second-order valence-electron chi connectivity index (χ2n) is 7.58. The Morgan fingerprint density at radius 2 is 1.77 bits per heavy atom. The number of hydrogen-bond acceptors (Lipinski definition) is 5. The van der Waals surface area contributed by atoms with Crippen LogP contribution in [0.1, 0.15) is 12.8 Å². The van der Waals surface area contributed by atoms with Crippen molar-refractivity contribution in [1.82, 2.24) is 4.98 Å². The van der Waals surface area contributed by atoms with Gasteiger partial charge in [-0.2, -0.15) is 0 Å². The topological polar surface area (TPSA) is 62.7 Å². The quantitative estimate of drug-likeness (QED) is 0.529. The number of hydrogen-bond donors (Lipinski definition) is 0. The first-order valence-electron chi connectivity index (χ1n) is 10.2. The van der Waals surface area contributed by atoms with E-state index in [1.807, 2.05) is 54.6 Å². The van der Waals surface area contributed by atoms with Gasteiger partial charge in [-0.1, -0.05) is 43.0 Å². The first-order chi connectivity index (χ1) is 15.1. The van der Waals surface area contributed by atoms with Gasteiger partial charge in [0.15, 0.2) is 0 Å². The van der Waals surface area contributed by atoms with Crippen molar-refractivity contribution in [2.45, 2.75) is 18.2 Å². The fraction of sp³-hybridized carbons (Fsp3) is 0.208. The van der Waals surface area contributed by atoms with E-state index in [2.05, 4.69) is 11.5 Å². The summed E-state index contributed by atoms with van der Waals surface area (Å²) in [4.78, 5) is 35.4. The lowest BCUT2D eigenvalue weighted by Gasteiger charge is -2.41. The van der Waals surface area contributed by atoms with Crippen LogP contribution in [-0.2, 0) is 8.98 Å². The molecule has 2 atom stereocenters. The van der Waals surface area contributed by atoms with Crippen LogP contribution in [-0.4, -0.2) is 35.2 Å². The number of nitrogens with zero attached hydrogens (tertiary/aromatic N) is 3. The number of pyridine rings is 1. The number of aromatic nitrogens is 1. The van der Waals surface area contributed by atoms with E-state index in [0.29, 0.717) is 5.69 Å². The molecule has 0 aliphatic carbocycles. The Bertz CT molecular complexity index is 1200. The summed E-state index contributed by atoms with van der Waals surface area (Å²) in [5.74, 6) is 0.405. The molecule has 3 heterocycles. The standard InChI is InChI=1S/C24H23N3O3S/c1-17-23(28)27(19-10-4-3-5-11-19)24(29)31(17,30-2)22-13-8-16-26(22)21-15-14-18-9-6-7-12-20(18)25-21/h3-7,9-12,14-15,22H,1,8,13,16H2,2H3/t22-/m0/s1. The van der Waals surface area contributed by atoms with Gasteiger partial charge < -0.3 is 9.08 Å². The highest BCUT2D eigenvalue weighted by Crippen LogP contribution is 2.68. The molecule has 6 nitrogen and oxygen atoms in total. The molecule has 0 N–H and O–H groups in total. The molecule has 5 rings (SSSR count). The fourth-order valence-electron chi connectivity index (χ4n) is 4.50. The number of rotatable bonds is 4. The van der Waals surface area contributed by atoms with Crippen LogP contribution in [0, 0.1) is 0 Å². The molecule has 158 valence electrons. The van der Waals surface area contributed by atoms with Crippen LogP contribution < -0.4 is 9.80 Å². The average Bonchev–Trinajstić information content (AvgIpc) is 3.36. The summed E-state index contributed by atoms with van der Waals surface area (Å²) in [5.41, 5.74) is 1.43. The largest absolute Gasteiger partial charge is 0.343 e. The van der Waals surface area contributed by atoms with Gasteiger partial charge in [0.05, 0.1) is 21.5 Å². The summed E-state index contributed by atoms with van der Waals surface area (Å²) in [7, 11) is -1.08. The van der Waals surface area contributed by atoms with Crippen LogP contribution in [0.25, 0.3) is 10.9 Å². The predicted octanol–water partition coefficient (Wildman–Crippen LogP) is 5.21. The van der Waals surface area contributed by atoms with Crippen LogP contribution in [0.4, 0.5) is 16.3 Å². The van der Waals surface area contributed by atoms with E-state index in [1.54, 1.807) is 12.1 Å². The number of para-hydroxylation sites is 2. The lowest BCUT2D eigenvalue weighted by molar-refractivity contribution is -0.113. The normalized spacial score (nSPS) is 26.0. The smallest absolute Gasteiger partial charge is 0.304 e. The molecular weight excluding hydrogens is 410 g/mol. The monoisotopic (exact) mass is 433 g/mol. The first kappa shape index (κ1) is 19.8. The predicted molar refractivity (Wildman–Crippen MR) is 125 cm³/mol. The van der Waals surface area contributed by atoms with Gasteiger partial charge in [0.25, 0.3) is 5.91 Å². The zero-order valence-corrected chi connectivity index (χ0v) is 18.0. The molecule has 31 heavy (non-hydrogen) atoms. The molecule has 3 aromatic rings. The van der Waals surface area contributed by atoms with Gasteiger partial charge in [0.1, 0.15) is 5.82 Å². The minimum Gasteiger partial charge on any atom is -0.343 e. The minimum absolute atomic E-state index is 0.251. The summed E-state index contributed by atoms with van der Waals surface area (Å²) in [6.07, 6.45) is 1.62. The Morgan fingerprint density at radius 3 is 2.55 bits per heavy atom. The first-order valence-corrected chi connectivity index (χ1v) is 11.8. The molecule has 0 bridgehead atoms. The Balaban J connectivity index is 1.58. The molecule has 2 aliphatic rings. The van der Waals surface area contributed by atoms with Crippen LogP contribution in [0.3, 0.4) is 0 Å². The zero-order chi connectivity index (χ0) is 21.6. The molecule has 2 saturated heterocycles. The van der Waals surface area contributed by atoms with Crippen molar-refractivity contribution in [3.8, 4) is 0 Å². The molecular formula is C24H23N3O3S. The Kier molecular flexibility index (Phi) is 4.79. The molecule has 1 aromatic heterocycles. The van der Waals surface area contributed by atoms with Crippen molar-refractivity contribution in [2.75, 3.05) is 23.5 Å². The highest BCUT2D eigenvalue weighted by molar-refractivity contribution is 8.46. The number of carbonyl (C=O) groups is 2. The van der Waals surface area contributed by atoms with Crippen molar-refractivity contribution in [3.05, 3.63) is 78.2 Å². The van der Waals surface area contributed by atoms with Crippen molar-refractivity contribution in [3.63, 3.8) is 0 Å². The molecule has 1 unspecified atom stereocenters. The zero-order valence-electron chi connectivity index (χ0n) is 17.2. The number of carbonyl (C=O) groups excluding carboxylic acids is 2. The maximum absolute atomic E-state index is 13.8. The fourth-order valence-corrected chi connectivity index (χ4v) is 7.72. The molecule has 0 saturated carbocycles. The molecule has 2 aliphatic heterocycles. The highest BCUT2D eigenvalue weighted by atomic mass is 32.3. The van der Waals surface area contributed by atoms with Gasteiger partial charge in [-0.3, -0.25) is 9.59 Å². The van der Waals surface area contributed by atoms with E-state index < -0.39 is 10.3 Å². The van der Waals surface area contributed by atoms with Crippen molar-refractivity contribution in [2.24, 2.45) is 0 Å². The number of amides is 2. The SMILES string of the molecule is C=C1C(=O)N(c2ccccc2)C(=O)S1(OC)[C@H]1CCCN1c1ccc2ccccc2n1. The Labute approximate surface area is 182 Å². The summed E-state index contributed by atoms with van der Waals surface area (Å²) in [5, 5.41) is 0.459. The van der Waals surface area contributed by atoms with Gasteiger partial charge in [0, 0.05) is 19.0 Å². The van der Waals surface area contributed by atoms with E-state index in [9.17, 15) is 9.59 Å². The molecule has 0 spiro atoms. The van der Waals surface area contributed by atoms with Crippen LogP contribution in [0.5, 0.6) is 0 Å². The van der Waals surface area contributed by atoms with Gasteiger partial charge in [-0.15, -0.1) is 0 Å². The Hall–Kier alpha value is -3.16. The molecule has 2 amide bonds. The maximum Gasteiger partial charge on any atom is 0.304 e. The van der Waals surface area contributed by atoms with E-state index in [1.165, 1.54) is 12.0 Å². The van der Waals surface area contributed by atoms with Crippen molar-refractivity contribution < 1.29 is 13.8 Å². The molecule has 2 aromatic carbocycles. The van der Waals surface area contributed by atoms with E-state index >= 15 is 0 Å². The van der Waals surface area contributed by atoms with Crippen LogP contribution >= 0.6 is 10.3 Å². The van der Waals surface area contributed by atoms with Gasteiger partial charge in [-0.25, -0.2) is 9.88 Å². The summed E-state index contributed by atoms with van der Waals surface area (Å²) >= 11 is 0. The number of imide groups is 1. The lowest BCUT2D eigenvalue weighted by atomic mass is 10.2. The number of anilines is 2. The maximum atomic E-state index is 13.8. The van der Waals surface area contributed by atoms with Crippen molar-refractivity contribution >= 4 is 43.9 Å². The molecule has 2 fully saturated rings. The van der Waals surface area contributed by atoms with E-state index in [4.69, 9.17) is 9.17 Å². The second-order valence-corrected chi connectivity index (χ2v) is 10.5. The Morgan fingerprint density at radius 1 is 1.03 bits per heavy atom. The van der Waals surface area contributed by atoms with Gasteiger partial charge in [0.2, 0.25) is 0 Å². The average molecular weight is 434 g/mol. The van der Waals surface area contributed by atoms with Gasteiger partial charge >= 0.3 is 5.24 Å². The second kappa shape index (κ2) is 7.51. The third-order valence-corrected chi connectivity index (χ3v) is 9.38. The van der Waals surface area contributed by atoms with Crippen LogP contribution in [0.15, 0.2) is 78.2 Å². The third kappa shape index (κ3) is 2.88. The minimum atomic E-state index is -2.60. The molecule has 7 heteroatoms. The number of benzene rings is 2.